The molecule has 0 spiro atoms. The van der Waals surface area contributed by atoms with E-state index in [-0.39, 0.29) is 17.9 Å². The van der Waals surface area contributed by atoms with Gasteiger partial charge in [-0.05, 0) is 50.7 Å². The number of likely N-dealkylation sites (tertiary alicyclic amines) is 1. The summed E-state index contributed by atoms with van der Waals surface area (Å²) in [5.74, 6) is 0.294. The molecule has 2 aromatic heterocycles. The molecule has 8 heteroatoms. The normalized spacial score (nSPS) is 16.9. The Kier molecular flexibility index (Phi) is 5.82. The van der Waals surface area contributed by atoms with Crippen LogP contribution in [0.25, 0.3) is 0 Å². The van der Waals surface area contributed by atoms with Gasteiger partial charge in [0.2, 0.25) is 0 Å². The van der Waals surface area contributed by atoms with Crippen molar-refractivity contribution < 1.29 is 9.59 Å². The van der Waals surface area contributed by atoms with Gasteiger partial charge in [0.05, 0.1) is 15.7 Å². The van der Waals surface area contributed by atoms with Crippen LogP contribution in [0.3, 0.4) is 0 Å². The summed E-state index contributed by atoms with van der Waals surface area (Å²) in [6.45, 7) is 5.25. The fourth-order valence-electron chi connectivity index (χ4n) is 4.70. The van der Waals surface area contributed by atoms with Crippen molar-refractivity contribution in [3.8, 4) is 0 Å². The molecule has 0 bridgehead atoms. The van der Waals surface area contributed by atoms with Gasteiger partial charge in [0.25, 0.3) is 11.8 Å². The lowest BCUT2D eigenvalue weighted by molar-refractivity contribution is 0.0717. The standard InChI is InChI=1S/C24H26N4O2S2/c1-14-21(32-15(2)25-14)24(30)28-9-7-16(8-10-28)23-27-20(13-31-23)22(29)26-19-11-17-5-3-4-6-18(17)12-19/h3-6,13,16,19H,7-12H2,1-2H3,(H,26,29). The number of nitrogens with one attached hydrogen (secondary N) is 1. The van der Waals surface area contributed by atoms with Crippen LogP contribution in [0.2, 0.25) is 0 Å². The Bertz CT molecular complexity index is 1140. The third-order valence-corrected chi connectivity index (χ3v) is 8.44. The molecule has 0 unspecified atom stereocenters. The van der Waals surface area contributed by atoms with Crippen LogP contribution in [0.1, 0.15) is 65.8 Å². The summed E-state index contributed by atoms with van der Waals surface area (Å²) in [6.07, 6.45) is 3.50. The number of nitrogens with zero attached hydrogens (tertiary/aromatic N) is 3. The zero-order valence-corrected chi connectivity index (χ0v) is 19.9. The number of hydrogen-bond donors (Lipinski definition) is 1. The van der Waals surface area contributed by atoms with Gasteiger partial charge < -0.3 is 10.2 Å². The number of fused-ring (bicyclic) bond motifs is 1. The highest BCUT2D eigenvalue weighted by Crippen LogP contribution is 2.32. The number of amides is 2. The van der Waals surface area contributed by atoms with Gasteiger partial charge in [0.15, 0.2) is 0 Å². The number of rotatable bonds is 4. The molecular weight excluding hydrogens is 440 g/mol. The minimum Gasteiger partial charge on any atom is -0.347 e. The van der Waals surface area contributed by atoms with Crippen LogP contribution in [0.4, 0.5) is 0 Å². The van der Waals surface area contributed by atoms with Crippen molar-refractivity contribution in [2.45, 2.75) is 51.5 Å². The second kappa shape index (κ2) is 8.75. The molecule has 1 N–H and O–H groups in total. The lowest BCUT2D eigenvalue weighted by Gasteiger charge is -2.30. The molecule has 0 saturated carbocycles. The van der Waals surface area contributed by atoms with Crippen LogP contribution in [0.5, 0.6) is 0 Å². The third kappa shape index (κ3) is 4.21. The molecule has 3 heterocycles. The molecule has 0 radical (unpaired) electrons. The molecule has 166 valence electrons. The number of piperidine rings is 1. The summed E-state index contributed by atoms with van der Waals surface area (Å²) < 4.78 is 0. The smallest absolute Gasteiger partial charge is 0.270 e. The van der Waals surface area contributed by atoms with Crippen molar-refractivity contribution in [2.75, 3.05) is 13.1 Å². The number of carbonyl (C=O) groups is 2. The van der Waals surface area contributed by atoms with Gasteiger partial charge in [-0.1, -0.05) is 24.3 Å². The fourth-order valence-corrected chi connectivity index (χ4v) is 6.56. The molecule has 1 aromatic carbocycles. The van der Waals surface area contributed by atoms with Crippen LogP contribution in [-0.2, 0) is 12.8 Å². The van der Waals surface area contributed by atoms with Gasteiger partial charge in [0.1, 0.15) is 10.6 Å². The molecule has 1 saturated heterocycles. The predicted octanol–water partition coefficient (Wildman–Crippen LogP) is 4.13. The summed E-state index contributed by atoms with van der Waals surface area (Å²) in [7, 11) is 0. The lowest BCUT2D eigenvalue weighted by Crippen LogP contribution is -2.38. The van der Waals surface area contributed by atoms with Gasteiger partial charge in [-0.3, -0.25) is 9.59 Å². The van der Waals surface area contributed by atoms with Crippen LogP contribution < -0.4 is 5.32 Å². The number of carbonyl (C=O) groups excluding carboxylic acids is 2. The Morgan fingerprint density at radius 3 is 2.38 bits per heavy atom. The number of thiazole rings is 2. The average Bonchev–Trinajstić information content (AvgIpc) is 3.51. The van der Waals surface area contributed by atoms with E-state index in [0.717, 1.165) is 46.3 Å². The molecular formula is C24H26N4O2S2. The summed E-state index contributed by atoms with van der Waals surface area (Å²) in [6, 6.07) is 8.51. The number of hydrogen-bond acceptors (Lipinski definition) is 6. The maximum Gasteiger partial charge on any atom is 0.270 e. The first kappa shape index (κ1) is 21.3. The minimum absolute atomic E-state index is 0.0864. The minimum atomic E-state index is -0.0889. The zero-order valence-electron chi connectivity index (χ0n) is 18.3. The Morgan fingerprint density at radius 1 is 1.06 bits per heavy atom. The topological polar surface area (TPSA) is 75.2 Å². The quantitative estimate of drug-likeness (QED) is 0.627. The Morgan fingerprint density at radius 2 is 1.75 bits per heavy atom. The highest BCUT2D eigenvalue weighted by molar-refractivity contribution is 7.13. The van der Waals surface area contributed by atoms with Crippen molar-refractivity contribution >= 4 is 34.5 Å². The van der Waals surface area contributed by atoms with Crippen molar-refractivity contribution in [1.29, 1.82) is 0 Å². The van der Waals surface area contributed by atoms with Crippen molar-refractivity contribution in [1.82, 2.24) is 20.2 Å². The second-order valence-electron chi connectivity index (χ2n) is 8.63. The summed E-state index contributed by atoms with van der Waals surface area (Å²) in [5, 5.41) is 6.95. The monoisotopic (exact) mass is 466 g/mol. The van der Waals surface area contributed by atoms with Crippen molar-refractivity contribution in [3.63, 3.8) is 0 Å². The lowest BCUT2D eigenvalue weighted by atomic mass is 9.97. The predicted molar refractivity (Wildman–Crippen MR) is 127 cm³/mol. The van der Waals surface area contributed by atoms with E-state index in [4.69, 9.17) is 0 Å². The van der Waals surface area contributed by atoms with Crippen LogP contribution >= 0.6 is 22.7 Å². The van der Waals surface area contributed by atoms with E-state index in [1.54, 1.807) is 11.3 Å². The number of aromatic nitrogens is 2. The maximum atomic E-state index is 12.8. The van der Waals surface area contributed by atoms with Gasteiger partial charge >= 0.3 is 0 Å². The van der Waals surface area contributed by atoms with E-state index >= 15 is 0 Å². The molecule has 1 aliphatic heterocycles. The molecule has 32 heavy (non-hydrogen) atoms. The first-order valence-corrected chi connectivity index (χ1v) is 12.7. The largest absolute Gasteiger partial charge is 0.347 e. The molecule has 1 fully saturated rings. The van der Waals surface area contributed by atoms with Crippen molar-refractivity contribution in [2.24, 2.45) is 0 Å². The van der Waals surface area contributed by atoms with E-state index in [1.807, 2.05) is 36.3 Å². The van der Waals surface area contributed by atoms with Crippen LogP contribution in [0, 0.1) is 13.8 Å². The molecule has 0 atom stereocenters. The Balaban J connectivity index is 1.16. The van der Waals surface area contributed by atoms with Crippen molar-refractivity contribution in [3.05, 3.63) is 67.1 Å². The van der Waals surface area contributed by atoms with Crippen LogP contribution in [0.15, 0.2) is 29.6 Å². The molecule has 2 amide bonds. The van der Waals surface area contributed by atoms with E-state index in [0.29, 0.717) is 24.7 Å². The molecule has 1 aliphatic carbocycles. The van der Waals surface area contributed by atoms with Crippen LogP contribution in [-0.4, -0.2) is 45.8 Å². The van der Waals surface area contributed by atoms with E-state index in [9.17, 15) is 9.59 Å². The Labute approximate surface area is 195 Å². The SMILES string of the molecule is Cc1nc(C)c(C(=O)N2CCC(c3nc(C(=O)NC4Cc5ccccc5C4)cs3)CC2)s1. The summed E-state index contributed by atoms with van der Waals surface area (Å²) in [4.78, 5) is 37.3. The van der Waals surface area contributed by atoms with Gasteiger partial charge in [-0.15, -0.1) is 22.7 Å². The van der Waals surface area contributed by atoms with E-state index in [1.165, 1.54) is 22.5 Å². The van der Waals surface area contributed by atoms with E-state index in [2.05, 4.69) is 27.4 Å². The molecule has 3 aromatic rings. The first-order valence-electron chi connectivity index (χ1n) is 11.0. The summed E-state index contributed by atoms with van der Waals surface area (Å²) >= 11 is 3.03. The molecule has 2 aliphatic rings. The number of benzene rings is 1. The molecule has 5 rings (SSSR count). The van der Waals surface area contributed by atoms with Gasteiger partial charge in [-0.2, -0.15) is 0 Å². The summed E-state index contributed by atoms with van der Waals surface area (Å²) in [5.41, 5.74) is 3.97. The average molecular weight is 467 g/mol. The zero-order chi connectivity index (χ0) is 22.2. The highest BCUT2D eigenvalue weighted by atomic mass is 32.1. The van der Waals surface area contributed by atoms with E-state index < -0.39 is 0 Å². The Hall–Kier alpha value is -2.58. The molecule has 6 nitrogen and oxygen atoms in total. The third-order valence-electron chi connectivity index (χ3n) is 6.37. The number of aryl methyl sites for hydroxylation is 2. The maximum absolute atomic E-state index is 12.8. The fraction of sp³-hybridized carbons (Fsp3) is 0.417. The second-order valence-corrected chi connectivity index (χ2v) is 10.7. The first-order chi connectivity index (χ1) is 15.5. The van der Waals surface area contributed by atoms with Gasteiger partial charge in [0, 0.05) is 30.4 Å². The van der Waals surface area contributed by atoms with Gasteiger partial charge in [-0.25, -0.2) is 9.97 Å². The highest BCUT2D eigenvalue weighted by Gasteiger charge is 2.29.